The van der Waals surface area contributed by atoms with Crippen molar-refractivity contribution in [2.45, 2.75) is 77.7 Å². The van der Waals surface area contributed by atoms with Crippen LogP contribution in [0.1, 0.15) is 71.6 Å². The molecule has 0 radical (unpaired) electrons. The van der Waals surface area contributed by atoms with Gasteiger partial charge in [-0.15, -0.1) is 0 Å². The topological polar surface area (TPSA) is 15.3 Å². The fraction of sp³-hybridized carbons (Fsp3) is 1.00. The summed E-state index contributed by atoms with van der Waals surface area (Å²) < 4.78 is 0. The highest BCUT2D eigenvalue weighted by Gasteiger charge is 2.16. The van der Waals surface area contributed by atoms with Crippen LogP contribution in [0, 0.1) is 5.92 Å². The number of hydrogen-bond acceptors (Lipinski definition) is 2. The molecule has 1 rings (SSSR count). The number of nitrogens with zero attached hydrogens (tertiary/aromatic N) is 1. The Labute approximate surface area is 121 Å². The van der Waals surface area contributed by atoms with Gasteiger partial charge < -0.3 is 10.2 Å². The van der Waals surface area contributed by atoms with Gasteiger partial charge in [0.15, 0.2) is 0 Å². The lowest BCUT2D eigenvalue weighted by atomic mass is 9.94. The minimum Gasteiger partial charge on any atom is -0.316 e. The molecule has 2 heteroatoms. The molecule has 19 heavy (non-hydrogen) atoms. The molecule has 2 nitrogen and oxygen atoms in total. The van der Waals surface area contributed by atoms with Crippen LogP contribution in [0.15, 0.2) is 0 Å². The molecule has 0 atom stereocenters. The lowest BCUT2D eigenvalue weighted by Gasteiger charge is -2.31. The maximum atomic E-state index is 3.53. The molecule has 0 bridgehead atoms. The summed E-state index contributed by atoms with van der Waals surface area (Å²) in [4.78, 5) is 2.62. The van der Waals surface area contributed by atoms with Gasteiger partial charge in [-0.3, -0.25) is 0 Å². The van der Waals surface area contributed by atoms with Crippen LogP contribution in [0.2, 0.25) is 0 Å². The SMILES string of the molecule is CC(C)CNCCCCCCN(C)C1CCCCC1. The summed E-state index contributed by atoms with van der Waals surface area (Å²) in [5.74, 6) is 0.782. The summed E-state index contributed by atoms with van der Waals surface area (Å²) >= 11 is 0. The molecule has 1 aliphatic rings. The van der Waals surface area contributed by atoms with Crippen LogP contribution in [0.4, 0.5) is 0 Å². The Kier molecular flexibility index (Phi) is 9.54. The van der Waals surface area contributed by atoms with Crippen LogP contribution in [0.25, 0.3) is 0 Å². The molecule has 1 N–H and O–H groups in total. The second kappa shape index (κ2) is 10.7. The summed E-state index contributed by atoms with van der Waals surface area (Å²) in [5, 5.41) is 3.53. The highest BCUT2D eigenvalue weighted by atomic mass is 15.1. The first-order valence-corrected chi connectivity index (χ1v) is 8.61. The molecule has 0 saturated heterocycles. The minimum atomic E-state index is 0.782. The number of rotatable bonds is 10. The first-order valence-electron chi connectivity index (χ1n) is 8.61. The van der Waals surface area contributed by atoms with Crippen molar-refractivity contribution < 1.29 is 0 Å². The van der Waals surface area contributed by atoms with Crippen molar-refractivity contribution in [3.8, 4) is 0 Å². The zero-order valence-corrected chi connectivity index (χ0v) is 13.6. The van der Waals surface area contributed by atoms with E-state index < -0.39 is 0 Å². The maximum absolute atomic E-state index is 3.53. The zero-order valence-electron chi connectivity index (χ0n) is 13.6. The Bertz CT molecular complexity index is 197. The van der Waals surface area contributed by atoms with E-state index in [1.54, 1.807) is 0 Å². The highest BCUT2D eigenvalue weighted by Crippen LogP contribution is 2.21. The van der Waals surface area contributed by atoms with Crippen molar-refractivity contribution >= 4 is 0 Å². The van der Waals surface area contributed by atoms with Crippen molar-refractivity contribution in [1.29, 1.82) is 0 Å². The van der Waals surface area contributed by atoms with E-state index in [0.717, 1.165) is 12.0 Å². The quantitative estimate of drug-likeness (QED) is 0.601. The Morgan fingerprint density at radius 1 is 1.00 bits per heavy atom. The summed E-state index contributed by atoms with van der Waals surface area (Å²) in [7, 11) is 2.33. The molecule has 0 heterocycles. The van der Waals surface area contributed by atoms with Crippen molar-refractivity contribution in [2.75, 3.05) is 26.7 Å². The van der Waals surface area contributed by atoms with Crippen LogP contribution in [0.5, 0.6) is 0 Å². The van der Waals surface area contributed by atoms with E-state index in [9.17, 15) is 0 Å². The molecule has 0 unspecified atom stereocenters. The van der Waals surface area contributed by atoms with E-state index in [2.05, 4.69) is 31.1 Å². The fourth-order valence-electron chi connectivity index (χ4n) is 3.06. The Balaban J connectivity index is 1.87. The van der Waals surface area contributed by atoms with E-state index in [1.165, 1.54) is 77.4 Å². The molecule has 1 saturated carbocycles. The Morgan fingerprint density at radius 3 is 2.37 bits per heavy atom. The van der Waals surface area contributed by atoms with Gasteiger partial charge in [-0.2, -0.15) is 0 Å². The van der Waals surface area contributed by atoms with Crippen LogP contribution >= 0.6 is 0 Å². The molecule has 0 aromatic rings. The van der Waals surface area contributed by atoms with Crippen molar-refractivity contribution in [2.24, 2.45) is 5.92 Å². The molecule has 0 amide bonds. The minimum absolute atomic E-state index is 0.782. The van der Waals surface area contributed by atoms with E-state index in [-0.39, 0.29) is 0 Å². The van der Waals surface area contributed by atoms with E-state index in [0.29, 0.717) is 0 Å². The third-order valence-corrected chi connectivity index (χ3v) is 4.37. The van der Waals surface area contributed by atoms with E-state index >= 15 is 0 Å². The third kappa shape index (κ3) is 8.65. The van der Waals surface area contributed by atoms with Gasteiger partial charge >= 0.3 is 0 Å². The average Bonchev–Trinajstić information content (AvgIpc) is 2.42. The molecule has 0 spiro atoms. The maximum Gasteiger partial charge on any atom is 0.00922 e. The lowest BCUT2D eigenvalue weighted by molar-refractivity contribution is 0.188. The molecule has 0 aromatic heterocycles. The summed E-state index contributed by atoms with van der Waals surface area (Å²) in [6, 6.07) is 0.890. The average molecular weight is 268 g/mol. The first kappa shape index (κ1) is 17.0. The number of unbranched alkanes of at least 4 members (excludes halogenated alkanes) is 3. The first-order chi connectivity index (χ1) is 9.20. The third-order valence-electron chi connectivity index (χ3n) is 4.37. The lowest BCUT2D eigenvalue weighted by Crippen LogP contribution is -2.34. The summed E-state index contributed by atoms with van der Waals surface area (Å²) in [6.45, 7) is 8.23. The number of nitrogens with one attached hydrogen (secondary N) is 1. The van der Waals surface area contributed by atoms with Crippen molar-refractivity contribution in [1.82, 2.24) is 10.2 Å². The van der Waals surface area contributed by atoms with Gasteiger partial charge in [0.1, 0.15) is 0 Å². The summed E-state index contributed by atoms with van der Waals surface area (Å²) in [6.07, 6.45) is 12.8. The van der Waals surface area contributed by atoms with Crippen LogP contribution in [0.3, 0.4) is 0 Å². The monoisotopic (exact) mass is 268 g/mol. The fourth-order valence-corrected chi connectivity index (χ4v) is 3.06. The smallest absolute Gasteiger partial charge is 0.00922 e. The van der Waals surface area contributed by atoms with E-state index in [4.69, 9.17) is 0 Å². The number of hydrogen-bond donors (Lipinski definition) is 1. The normalized spacial score (nSPS) is 17.5. The molecule has 1 fully saturated rings. The van der Waals surface area contributed by atoms with Gasteiger partial charge in [0.2, 0.25) is 0 Å². The largest absolute Gasteiger partial charge is 0.316 e. The molecular formula is C17H36N2. The van der Waals surface area contributed by atoms with Gasteiger partial charge in [-0.25, -0.2) is 0 Å². The molecule has 114 valence electrons. The van der Waals surface area contributed by atoms with Gasteiger partial charge in [0, 0.05) is 6.04 Å². The van der Waals surface area contributed by atoms with Crippen molar-refractivity contribution in [3.63, 3.8) is 0 Å². The predicted octanol–water partition coefficient (Wildman–Crippen LogP) is 4.06. The summed E-state index contributed by atoms with van der Waals surface area (Å²) in [5.41, 5.74) is 0. The highest BCUT2D eigenvalue weighted by molar-refractivity contribution is 4.73. The van der Waals surface area contributed by atoms with Gasteiger partial charge in [-0.05, 0) is 58.3 Å². The standard InChI is InChI=1S/C17H36N2/c1-16(2)15-18-13-9-4-5-10-14-19(3)17-11-7-6-8-12-17/h16-18H,4-15H2,1-3H3. The van der Waals surface area contributed by atoms with Crippen molar-refractivity contribution in [3.05, 3.63) is 0 Å². The molecule has 0 aromatic carbocycles. The molecular weight excluding hydrogens is 232 g/mol. The van der Waals surface area contributed by atoms with Crippen LogP contribution < -0.4 is 5.32 Å². The molecule has 0 aliphatic heterocycles. The van der Waals surface area contributed by atoms with Crippen LogP contribution in [-0.4, -0.2) is 37.6 Å². The van der Waals surface area contributed by atoms with Crippen LogP contribution in [-0.2, 0) is 0 Å². The Morgan fingerprint density at radius 2 is 1.68 bits per heavy atom. The van der Waals surface area contributed by atoms with Gasteiger partial charge in [0.25, 0.3) is 0 Å². The van der Waals surface area contributed by atoms with Gasteiger partial charge in [0.05, 0.1) is 0 Å². The Hall–Kier alpha value is -0.0800. The zero-order chi connectivity index (χ0) is 13.9. The predicted molar refractivity (Wildman–Crippen MR) is 85.7 cm³/mol. The molecule has 1 aliphatic carbocycles. The second-order valence-corrected chi connectivity index (χ2v) is 6.78. The second-order valence-electron chi connectivity index (χ2n) is 6.78. The van der Waals surface area contributed by atoms with E-state index in [1.807, 2.05) is 0 Å². The van der Waals surface area contributed by atoms with Gasteiger partial charge in [-0.1, -0.05) is 46.0 Å².